The first-order chi connectivity index (χ1) is 12.8. The molecule has 142 valence electrons. The van der Waals surface area contributed by atoms with Gasteiger partial charge < -0.3 is 9.80 Å². The molecule has 0 unspecified atom stereocenters. The molecule has 1 amide bonds. The minimum atomic E-state index is -3.65. The van der Waals surface area contributed by atoms with Gasteiger partial charge in [0.2, 0.25) is 5.69 Å². The summed E-state index contributed by atoms with van der Waals surface area (Å²) < 4.78 is 27.4. The Morgan fingerprint density at radius 2 is 1.93 bits per heavy atom. The van der Waals surface area contributed by atoms with E-state index in [1.54, 1.807) is 38.5 Å². The number of piperazine rings is 1. The van der Waals surface area contributed by atoms with Crippen LogP contribution in [0.1, 0.15) is 9.67 Å². The van der Waals surface area contributed by atoms with E-state index in [2.05, 4.69) is 9.83 Å². The fourth-order valence-corrected chi connectivity index (χ4v) is 5.69. The van der Waals surface area contributed by atoms with Crippen molar-refractivity contribution in [3.8, 4) is 0 Å². The Hall–Kier alpha value is -2.48. The van der Waals surface area contributed by atoms with E-state index in [0.717, 1.165) is 11.3 Å². The number of thiophene rings is 1. The summed E-state index contributed by atoms with van der Waals surface area (Å²) in [6.45, 7) is 8.74. The summed E-state index contributed by atoms with van der Waals surface area (Å²) in [6.07, 6.45) is 1.63. The topological polar surface area (TPSA) is 78.2 Å². The molecule has 0 atom stereocenters. The number of amides is 1. The summed E-state index contributed by atoms with van der Waals surface area (Å²) in [4.78, 5) is 23.5. The molecular formula is C17H19N5O3S2. The summed E-state index contributed by atoms with van der Waals surface area (Å²) in [5.74, 6) is 0.368. The summed E-state index contributed by atoms with van der Waals surface area (Å²) >= 11 is 0.987. The molecule has 2 aromatic rings. The number of sulfonamides is 1. The van der Waals surface area contributed by atoms with Crippen molar-refractivity contribution in [2.75, 3.05) is 45.2 Å². The molecule has 0 saturated carbocycles. The van der Waals surface area contributed by atoms with Gasteiger partial charge in [-0.2, -0.15) is 4.31 Å². The van der Waals surface area contributed by atoms with Gasteiger partial charge in [-0.05, 0) is 12.1 Å². The zero-order valence-corrected chi connectivity index (χ0v) is 16.6. The maximum atomic E-state index is 12.9. The van der Waals surface area contributed by atoms with Crippen LogP contribution < -0.4 is 4.90 Å². The number of hydrogen-bond donors (Lipinski definition) is 0. The van der Waals surface area contributed by atoms with Crippen LogP contribution in [0.15, 0.2) is 34.7 Å². The number of anilines is 1. The number of hydrogen-bond acceptors (Lipinski definition) is 6. The number of carbonyl (C=O) groups excluding carboxylic acids is 1. The molecule has 3 rings (SSSR count). The average molecular weight is 406 g/mol. The monoisotopic (exact) mass is 405 g/mol. The van der Waals surface area contributed by atoms with Gasteiger partial charge in [-0.25, -0.2) is 13.3 Å². The molecule has 0 spiro atoms. The molecule has 0 N–H and O–H groups in total. The molecule has 0 bridgehead atoms. The zero-order chi connectivity index (χ0) is 19.6. The quantitative estimate of drug-likeness (QED) is 0.726. The van der Waals surface area contributed by atoms with Gasteiger partial charge in [0.25, 0.3) is 15.9 Å². The largest absolute Gasteiger partial charge is 0.363 e. The lowest BCUT2D eigenvalue weighted by molar-refractivity contribution is 0.0832. The van der Waals surface area contributed by atoms with Crippen LogP contribution in [0.5, 0.6) is 0 Å². The minimum Gasteiger partial charge on any atom is -0.363 e. The van der Waals surface area contributed by atoms with Crippen molar-refractivity contribution in [1.29, 1.82) is 0 Å². The standard InChI is InChI=1S/C17H19N5O3S2/c1-18-13-5-4-8-19-16(13)21-9-11-22(12-10-21)27(24,25)15-7-6-14(26-15)17(23)20(2)3/h4-8H,9-12H2,2-3H3. The fraction of sp³-hybridized carbons (Fsp3) is 0.353. The Morgan fingerprint density at radius 3 is 2.56 bits per heavy atom. The van der Waals surface area contributed by atoms with Gasteiger partial charge >= 0.3 is 0 Å². The number of pyridine rings is 1. The van der Waals surface area contributed by atoms with Crippen LogP contribution in [0.2, 0.25) is 0 Å². The van der Waals surface area contributed by atoms with Crippen LogP contribution in [0.4, 0.5) is 11.5 Å². The van der Waals surface area contributed by atoms with Crippen molar-refractivity contribution in [2.24, 2.45) is 0 Å². The Morgan fingerprint density at radius 1 is 1.22 bits per heavy atom. The van der Waals surface area contributed by atoms with E-state index in [9.17, 15) is 13.2 Å². The van der Waals surface area contributed by atoms with Crippen LogP contribution in [0.25, 0.3) is 4.85 Å². The highest BCUT2D eigenvalue weighted by Crippen LogP contribution is 2.29. The summed E-state index contributed by atoms with van der Waals surface area (Å²) in [5.41, 5.74) is 0.457. The highest BCUT2D eigenvalue weighted by Gasteiger charge is 2.31. The molecule has 10 heteroatoms. The second kappa shape index (κ2) is 7.64. The molecule has 0 radical (unpaired) electrons. The summed E-state index contributed by atoms with van der Waals surface area (Å²) in [7, 11) is -0.389. The number of carbonyl (C=O) groups is 1. The lowest BCUT2D eigenvalue weighted by Gasteiger charge is -2.34. The van der Waals surface area contributed by atoms with Gasteiger partial charge in [0.1, 0.15) is 10.0 Å². The molecule has 1 saturated heterocycles. The first-order valence-electron chi connectivity index (χ1n) is 8.23. The second-order valence-electron chi connectivity index (χ2n) is 6.17. The van der Waals surface area contributed by atoms with Gasteiger partial charge in [0, 0.05) is 46.5 Å². The number of nitrogens with zero attached hydrogens (tertiary/aromatic N) is 5. The molecule has 1 aliphatic rings. The third-order valence-electron chi connectivity index (χ3n) is 4.22. The molecule has 1 aliphatic heterocycles. The predicted molar refractivity (Wildman–Crippen MR) is 104 cm³/mol. The van der Waals surface area contributed by atoms with Gasteiger partial charge in [-0.3, -0.25) is 9.78 Å². The number of rotatable bonds is 4. The van der Waals surface area contributed by atoms with Crippen molar-refractivity contribution in [1.82, 2.24) is 14.2 Å². The zero-order valence-electron chi connectivity index (χ0n) is 15.0. The Labute approximate surface area is 162 Å². The van der Waals surface area contributed by atoms with Gasteiger partial charge in [-0.15, -0.1) is 11.3 Å². The van der Waals surface area contributed by atoms with E-state index in [4.69, 9.17) is 6.57 Å². The van der Waals surface area contributed by atoms with Crippen molar-refractivity contribution in [3.63, 3.8) is 0 Å². The molecule has 1 fully saturated rings. The molecule has 8 nitrogen and oxygen atoms in total. The van der Waals surface area contributed by atoms with E-state index in [0.29, 0.717) is 42.6 Å². The fourth-order valence-electron chi connectivity index (χ4n) is 2.78. The molecule has 27 heavy (non-hydrogen) atoms. The van der Waals surface area contributed by atoms with Crippen LogP contribution in [-0.4, -0.2) is 68.8 Å². The molecule has 3 heterocycles. The van der Waals surface area contributed by atoms with Crippen molar-refractivity contribution >= 4 is 38.8 Å². The Kier molecular flexibility index (Phi) is 5.46. The van der Waals surface area contributed by atoms with E-state index >= 15 is 0 Å². The highest BCUT2D eigenvalue weighted by molar-refractivity contribution is 7.91. The maximum absolute atomic E-state index is 12.9. The van der Waals surface area contributed by atoms with Crippen molar-refractivity contribution in [2.45, 2.75) is 4.21 Å². The van der Waals surface area contributed by atoms with Crippen molar-refractivity contribution < 1.29 is 13.2 Å². The first kappa shape index (κ1) is 19.3. The average Bonchev–Trinajstić information content (AvgIpc) is 3.18. The van der Waals surface area contributed by atoms with Gasteiger partial charge in [-0.1, -0.05) is 12.1 Å². The van der Waals surface area contributed by atoms with E-state index < -0.39 is 10.0 Å². The minimum absolute atomic E-state index is 0.167. The molecule has 0 aromatic carbocycles. The van der Waals surface area contributed by atoms with Crippen LogP contribution in [0.3, 0.4) is 0 Å². The van der Waals surface area contributed by atoms with Crippen LogP contribution in [-0.2, 0) is 10.0 Å². The van der Waals surface area contributed by atoms with Gasteiger partial charge in [0.05, 0.1) is 11.4 Å². The smallest absolute Gasteiger partial charge is 0.263 e. The first-order valence-corrected chi connectivity index (χ1v) is 10.5. The highest BCUT2D eigenvalue weighted by atomic mass is 32.2. The second-order valence-corrected chi connectivity index (χ2v) is 9.42. The maximum Gasteiger partial charge on any atom is 0.263 e. The third-order valence-corrected chi connectivity index (χ3v) is 7.66. The van der Waals surface area contributed by atoms with Gasteiger partial charge in [0.15, 0.2) is 0 Å². The van der Waals surface area contributed by atoms with E-state index in [1.807, 2.05) is 4.90 Å². The normalized spacial score (nSPS) is 15.4. The summed E-state index contributed by atoms with van der Waals surface area (Å²) in [5, 5.41) is 0. The van der Waals surface area contributed by atoms with Crippen LogP contribution in [0, 0.1) is 6.57 Å². The van der Waals surface area contributed by atoms with Crippen LogP contribution >= 0.6 is 11.3 Å². The van der Waals surface area contributed by atoms with Crippen molar-refractivity contribution in [3.05, 3.63) is 46.8 Å². The van der Waals surface area contributed by atoms with E-state index in [-0.39, 0.29) is 10.1 Å². The Balaban J connectivity index is 1.74. The lowest BCUT2D eigenvalue weighted by Crippen LogP contribution is -2.48. The Bertz CT molecular complexity index is 986. The van der Waals surface area contributed by atoms with E-state index in [1.165, 1.54) is 15.3 Å². The third kappa shape index (κ3) is 3.80. The SMILES string of the molecule is [C-]#[N+]c1cccnc1N1CCN(S(=O)(=O)c2ccc(C(=O)N(C)C)s2)CC1. The molecule has 0 aliphatic carbocycles. The number of aromatic nitrogens is 1. The molecule has 2 aromatic heterocycles. The lowest BCUT2D eigenvalue weighted by atomic mass is 10.3. The summed E-state index contributed by atoms with van der Waals surface area (Å²) in [6, 6.07) is 6.44. The molecular weight excluding hydrogens is 386 g/mol. The predicted octanol–water partition coefficient (Wildman–Crippen LogP) is 1.91.